The SMILES string of the molecule is NC(=O)CC[C@H](NC(=O)[C@@H](N)CCC(=O)O)C(=O)N[C@@H](Cc1ccccc1)C(=O)NCC(=O)N[C@@H](Cc1ccc(O)cc1)C(=O)N[C@@H](Cc1cnc[nH]1)C(=O)O. The minimum Gasteiger partial charge on any atom is -0.508 e. The van der Waals surface area contributed by atoms with Crippen molar-refractivity contribution in [1.29, 1.82) is 0 Å². The number of H-pyrrole nitrogens is 1. The van der Waals surface area contributed by atoms with E-state index in [1.807, 2.05) is 0 Å². The number of imidazole rings is 1. The predicted molar refractivity (Wildman–Crippen MR) is 196 cm³/mol. The van der Waals surface area contributed by atoms with Crippen LogP contribution in [0.5, 0.6) is 5.75 Å². The number of hydrogen-bond acceptors (Lipinski definition) is 11. The summed E-state index contributed by atoms with van der Waals surface area (Å²) in [5.41, 5.74) is 12.6. The number of aromatic nitrogens is 2. The van der Waals surface area contributed by atoms with Gasteiger partial charge in [0.1, 0.15) is 29.9 Å². The molecule has 0 radical (unpaired) electrons. The maximum absolute atomic E-state index is 13.6. The maximum atomic E-state index is 13.6. The van der Waals surface area contributed by atoms with Crippen LogP contribution in [0.4, 0.5) is 0 Å². The summed E-state index contributed by atoms with van der Waals surface area (Å²) in [6.07, 6.45) is 1.09. The number of carbonyl (C=O) groups excluding carboxylic acids is 6. The minimum absolute atomic E-state index is 0.0509. The van der Waals surface area contributed by atoms with E-state index in [1.54, 1.807) is 30.3 Å². The Labute approximate surface area is 320 Å². The Hall–Kier alpha value is -6.83. The molecule has 1 heterocycles. The number of aromatic hydroxyl groups is 1. The Kier molecular flexibility index (Phi) is 16.9. The molecule has 300 valence electrons. The van der Waals surface area contributed by atoms with E-state index in [-0.39, 0.29) is 44.3 Å². The first kappa shape index (κ1) is 43.6. The van der Waals surface area contributed by atoms with Crippen LogP contribution < -0.4 is 38.1 Å². The van der Waals surface area contributed by atoms with Crippen molar-refractivity contribution >= 4 is 47.4 Å². The molecule has 20 nitrogen and oxygen atoms in total. The monoisotopic (exact) mass is 779 g/mol. The van der Waals surface area contributed by atoms with E-state index >= 15 is 0 Å². The van der Waals surface area contributed by atoms with E-state index in [4.69, 9.17) is 16.6 Å². The maximum Gasteiger partial charge on any atom is 0.326 e. The molecular formula is C36H45N9O11. The number of aliphatic carboxylic acids is 2. The highest BCUT2D eigenvalue weighted by Crippen LogP contribution is 2.12. The van der Waals surface area contributed by atoms with Crippen LogP contribution in [0.25, 0.3) is 0 Å². The molecule has 0 bridgehead atoms. The zero-order valence-electron chi connectivity index (χ0n) is 30.1. The summed E-state index contributed by atoms with van der Waals surface area (Å²) >= 11 is 0. The van der Waals surface area contributed by atoms with Gasteiger partial charge in [-0.25, -0.2) is 9.78 Å². The van der Waals surface area contributed by atoms with Gasteiger partial charge in [0.15, 0.2) is 0 Å². The lowest BCUT2D eigenvalue weighted by Crippen LogP contribution is -2.57. The molecule has 0 saturated carbocycles. The number of nitrogens with zero attached hydrogens (tertiary/aromatic N) is 1. The molecule has 1 aromatic heterocycles. The molecule has 5 atom stereocenters. The molecule has 6 amide bonds. The van der Waals surface area contributed by atoms with Crippen molar-refractivity contribution in [2.75, 3.05) is 6.54 Å². The Morgan fingerprint density at radius 2 is 1.27 bits per heavy atom. The molecule has 2 aromatic carbocycles. The number of primary amides is 1. The van der Waals surface area contributed by atoms with Gasteiger partial charge in [-0.2, -0.15) is 0 Å². The predicted octanol–water partition coefficient (Wildman–Crippen LogP) is -2.26. The van der Waals surface area contributed by atoms with Crippen molar-refractivity contribution in [3.8, 4) is 5.75 Å². The Bertz CT molecular complexity index is 1820. The molecule has 0 spiro atoms. The molecule has 20 heteroatoms. The molecule has 0 unspecified atom stereocenters. The molecular weight excluding hydrogens is 734 g/mol. The highest BCUT2D eigenvalue weighted by Gasteiger charge is 2.31. The number of aromatic amines is 1. The highest BCUT2D eigenvalue weighted by molar-refractivity contribution is 5.95. The second-order valence-electron chi connectivity index (χ2n) is 12.7. The quantitative estimate of drug-likeness (QED) is 0.0485. The zero-order chi connectivity index (χ0) is 41.2. The molecule has 0 aliphatic heterocycles. The first-order chi connectivity index (χ1) is 26.6. The van der Waals surface area contributed by atoms with Crippen LogP contribution in [0.1, 0.15) is 42.5 Å². The molecule has 0 aliphatic carbocycles. The van der Waals surface area contributed by atoms with Crippen LogP contribution in [0.15, 0.2) is 67.1 Å². The second-order valence-corrected chi connectivity index (χ2v) is 12.7. The number of nitrogens with two attached hydrogens (primary N) is 2. The third-order valence-corrected chi connectivity index (χ3v) is 8.28. The Morgan fingerprint density at radius 1 is 0.679 bits per heavy atom. The molecule has 13 N–H and O–H groups in total. The van der Waals surface area contributed by atoms with Gasteiger partial charge >= 0.3 is 11.9 Å². The average Bonchev–Trinajstić information content (AvgIpc) is 3.68. The average molecular weight is 780 g/mol. The van der Waals surface area contributed by atoms with E-state index in [0.29, 0.717) is 16.8 Å². The van der Waals surface area contributed by atoms with Crippen molar-refractivity contribution in [1.82, 2.24) is 36.6 Å². The first-order valence-electron chi connectivity index (χ1n) is 17.4. The summed E-state index contributed by atoms with van der Waals surface area (Å²) in [5.74, 6) is -7.72. The third kappa shape index (κ3) is 15.3. The van der Waals surface area contributed by atoms with Gasteiger partial charge in [0.25, 0.3) is 0 Å². The number of nitrogens with one attached hydrogen (secondary N) is 6. The van der Waals surface area contributed by atoms with Crippen molar-refractivity contribution in [2.24, 2.45) is 11.5 Å². The summed E-state index contributed by atoms with van der Waals surface area (Å²) in [6.45, 7) is -0.698. The standard InChI is InChI=1S/C36H45N9O11/c37-24(10-13-31(49)50)32(51)43-25(11-12-29(38)47)34(53)44-26(14-20-4-2-1-3-5-20)33(52)40-18-30(48)42-27(15-21-6-8-23(46)9-7-21)35(54)45-28(36(55)56)16-22-17-39-19-41-22/h1-9,17,19,24-28,46H,10-16,18,37H2,(H2,38,47)(H,39,41)(H,40,52)(H,42,48)(H,43,51)(H,44,53)(H,45,54)(H,49,50)(H,55,56)/t24-,25-,26-,27-,28-/m0/s1. The van der Waals surface area contributed by atoms with E-state index in [9.17, 15) is 48.6 Å². The molecule has 0 aliphatic rings. The number of amides is 6. The van der Waals surface area contributed by atoms with Gasteiger partial charge in [-0.15, -0.1) is 0 Å². The van der Waals surface area contributed by atoms with Crippen LogP contribution in [-0.4, -0.2) is 109 Å². The van der Waals surface area contributed by atoms with E-state index in [1.165, 1.54) is 36.8 Å². The van der Waals surface area contributed by atoms with E-state index in [0.717, 1.165) is 0 Å². The van der Waals surface area contributed by atoms with Crippen LogP contribution in [0.3, 0.4) is 0 Å². The largest absolute Gasteiger partial charge is 0.508 e. The van der Waals surface area contributed by atoms with Gasteiger partial charge in [-0.05, 0) is 36.1 Å². The number of carbonyl (C=O) groups is 8. The summed E-state index contributed by atoms with van der Waals surface area (Å²) in [7, 11) is 0. The lowest BCUT2D eigenvalue weighted by Gasteiger charge is -2.24. The van der Waals surface area contributed by atoms with Crippen LogP contribution in [0, 0.1) is 0 Å². The lowest BCUT2D eigenvalue weighted by atomic mass is 10.0. The smallest absolute Gasteiger partial charge is 0.326 e. The number of phenols is 1. The first-order valence-corrected chi connectivity index (χ1v) is 17.4. The van der Waals surface area contributed by atoms with E-state index < -0.39 is 90.6 Å². The second kappa shape index (κ2) is 21.8. The fourth-order valence-corrected chi connectivity index (χ4v) is 5.28. The number of carboxylic acids is 2. The van der Waals surface area contributed by atoms with Gasteiger partial charge < -0.3 is 58.4 Å². The summed E-state index contributed by atoms with van der Waals surface area (Å²) in [5, 5.41) is 40.6. The third-order valence-electron chi connectivity index (χ3n) is 8.28. The molecule has 56 heavy (non-hydrogen) atoms. The van der Waals surface area contributed by atoms with Gasteiger partial charge in [0, 0.05) is 44.0 Å². The minimum atomic E-state index is -1.41. The van der Waals surface area contributed by atoms with Crippen LogP contribution in [-0.2, 0) is 57.6 Å². The number of phenolic OH excluding ortho intramolecular Hbond substituents is 1. The number of benzene rings is 2. The molecule has 0 saturated heterocycles. The van der Waals surface area contributed by atoms with Crippen LogP contribution in [0.2, 0.25) is 0 Å². The van der Waals surface area contributed by atoms with Crippen molar-refractivity contribution in [3.05, 3.63) is 83.9 Å². The van der Waals surface area contributed by atoms with Crippen molar-refractivity contribution in [3.63, 3.8) is 0 Å². The fourth-order valence-electron chi connectivity index (χ4n) is 5.28. The Morgan fingerprint density at radius 3 is 1.86 bits per heavy atom. The number of carboxylic acid groups (broad SMARTS) is 2. The lowest BCUT2D eigenvalue weighted by molar-refractivity contribution is -0.142. The van der Waals surface area contributed by atoms with E-state index in [2.05, 4.69) is 36.6 Å². The number of hydrogen-bond donors (Lipinski definition) is 11. The van der Waals surface area contributed by atoms with Crippen LogP contribution >= 0.6 is 0 Å². The van der Waals surface area contributed by atoms with Gasteiger partial charge in [-0.1, -0.05) is 42.5 Å². The normalized spacial score (nSPS) is 13.4. The summed E-state index contributed by atoms with van der Waals surface area (Å²) < 4.78 is 0. The number of rotatable bonds is 23. The van der Waals surface area contributed by atoms with Crippen molar-refractivity contribution < 1.29 is 53.7 Å². The van der Waals surface area contributed by atoms with Crippen molar-refractivity contribution in [2.45, 2.75) is 75.2 Å². The topological polar surface area (TPSA) is 338 Å². The van der Waals surface area contributed by atoms with Gasteiger partial charge in [0.05, 0.1) is 18.9 Å². The van der Waals surface area contributed by atoms with Gasteiger partial charge in [0.2, 0.25) is 35.4 Å². The molecule has 0 fully saturated rings. The van der Waals surface area contributed by atoms with Gasteiger partial charge in [-0.3, -0.25) is 33.6 Å². The zero-order valence-corrected chi connectivity index (χ0v) is 30.1. The molecule has 3 rings (SSSR count). The molecule has 3 aromatic rings. The highest BCUT2D eigenvalue weighted by atomic mass is 16.4. The Balaban J connectivity index is 1.76. The summed E-state index contributed by atoms with van der Waals surface area (Å²) in [6, 6.07) is 7.39. The summed E-state index contributed by atoms with van der Waals surface area (Å²) in [4.78, 5) is 107. The fraction of sp³-hybridized carbons (Fsp3) is 0.361.